The number of fused-ring (bicyclic) bond motifs is 1. The summed E-state index contributed by atoms with van der Waals surface area (Å²) in [5.74, 6) is -0.0642. The van der Waals surface area contributed by atoms with Gasteiger partial charge in [-0.05, 0) is 67.7 Å². The number of hydrogen-bond acceptors (Lipinski definition) is 6. The van der Waals surface area contributed by atoms with Crippen molar-refractivity contribution in [3.05, 3.63) is 35.4 Å². The van der Waals surface area contributed by atoms with Crippen LogP contribution in [0.4, 0.5) is 0 Å². The number of aliphatic carboxylic acids is 1. The van der Waals surface area contributed by atoms with Crippen molar-refractivity contribution in [2.45, 2.75) is 56.8 Å². The van der Waals surface area contributed by atoms with E-state index < -0.39 is 18.1 Å². The number of carbonyl (C=O) groups excluding carboxylic acids is 2. The van der Waals surface area contributed by atoms with Gasteiger partial charge in [-0.2, -0.15) is 24.4 Å². The number of benzene rings is 1. The summed E-state index contributed by atoms with van der Waals surface area (Å²) in [4.78, 5) is 42.5. The van der Waals surface area contributed by atoms with Crippen molar-refractivity contribution < 1.29 is 19.5 Å². The molecule has 2 N–H and O–H groups in total. The Morgan fingerprint density at radius 1 is 1.25 bits per heavy atom. The van der Waals surface area contributed by atoms with Crippen LogP contribution in [-0.4, -0.2) is 81.7 Å². The van der Waals surface area contributed by atoms with Crippen LogP contribution in [-0.2, 0) is 27.3 Å². The normalized spacial score (nSPS) is 21.8. The summed E-state index contributed by atoms with van der Waals surface area (Å²) in [5.41, 5.74) is 2.08. The topological polar surface area (TPSA) is 90.0 Å². The van der Waals surface area contributed by atoms with E-state index in [1.165, 1.54) is 11.8 Å². The fourth-order valence-electron chi connectivity index (χ4n) is 4.59. The maximum Gasteiger partial charge on any atom is 0.326 e. The van der Waals surface area contributed by atoms with Crippen molar-refractivity contribution in [2.75, 3.05) is 30.9 Å². The molecule has 3 rings (SSSR count). The lowest BCUT2D eigenvalue weighted by atomic mass is 9.92. The van der Waals surface area contributed by atoms with Crippen molar-refractivity contribution in [1.29, 1.82) is 0 Å². The third kappa shape index (κ3) is 5.99. The predicted molar refractivity (Wildman–Crippen MR) is 130 cm³/mol. The van der Waals surface area contributed by atoms with E-state index in [0.29, 0.717) is 25.1 Å². The Labute approximate surface area is 199 Å². The van der Waals surface area contributed by atoms with Crippen molar-refractivity contribution >= 4 is 42.2 Å². The standard InChI is InChI=1S/C23H33N3O4S2/c1-32-13-9-18(23(29)30)24-21(27)20-14-16-6-2-3-7-17(16)15-26(20)22(28)19-8-4-10-25(19)11-5-12-31/h2-3,6-7,18-20,31H,4-5,8-15H2,1H3,(H,24,27)(H,29,30)/t18-,19-,20+/m0/s1. The van der Waals surface area contributed by atoms with Crippen LogP contribution >= 0.6 is 24.4 Å². The van der Waals surface area contributed by atoms with E-state index in [4.69, 9.17) is 0 Å². The van der Waals surface area contributed by atoms with E-state index in [0.717, 1.165) is 49.2 Å². The first-order valence-electron chi connectivity index (χ1n) is 11.2. The number of likely N-dealkylation sites (tertiary alicyclic amines) is 1. The molecule has 3 atom stereocenters. The van der Waals surface area contributed by atoms with Gasteiger partial charge >= 0.3 is 5.97 Å². The Hall–Kier alpha value is -1.71. The number of carboxylic acid groups (broad SMARTS) is 1. The van der Waals surface area contributed by atoms with Gasteiger partial charge < -0.3 is 15.3 Å². The van der Waals surface area contributed by atoms with E-state index in [-0.39, 0.29) is 17.9 Å². The van der Waals surface area contributed by atoms with E-state index in [1.807, 2.05) is 30.5 Å². The first-order chi connectivity index (χ1) is 15.5. The quantitative estimate of drug-likeness (QED) is 0.445. The highest BCUT2D eigenvalue weighted by atomic mass is 32.2. The van der Waals surface area contributed by atoms with E-state index in [9.17, 15) is 19.5 Å². The predicted octanol–water partition coefficient (Wildman–Crippen LogP) is 2.05. The molecule has 1 aromatic rings. The highest BCUT2D eigenvalue weighted by Gasteiger charge is 2.41. The van der Waals surface area contributed by atoms with Crippen LogP contribution in [0.1, 0.15) is 36.8 Å². The molecule has 32 heavy (non-hydrogen) atoms. The van der Waals surface area contributed by atoms with Gasteiger partial charge in [0.05, 0.1) is 6.04 Å². The Balaban J connectivity index is 1.82. The molecule has 1 aromatic carbocycles. The molecule has 2 amide bonds. The molecular formula is C23H33N3O4S2. The third-order valence-electron chi connectivity index (χ3n) is 6.31. The molecule has 1 fully saturated rings. The smallest absolute Gasteiger partial charge is 0.326 e. The molecular weight excluding hydrogens is 446 g/mol. The van der Waals surface area contributed by atoms with Crippen molar-refractivity contribution in [1.82, 2.24) is 15.1 Å². The van der Waals surface area contributed by atoms with Crippen LogP contribution in [0.25, 0.3) is 0 Å². The summed E-state index contributed by atoms with van der Waals surface area (Å²) in [6.45, 7) is 2.06. The lowest BCUT2D eigenvalue weighted by Gasteiger charge is -2.39. The van der Waals surface area contributed by atoms with Gasteiger partial charge in [0.25, 0.3) is 0 Å². The molecule has 2 aliphatic heterocycles. The number of rotatable bonds is 10. The second-order valence-corrected chi connectivity index (χ2v) is 9.84. The van der Waals surface area contributed by atoms with E-state index in [2.05, 4.69) is 22.8 Å². The second kappa shape index (κ2) is 12.0. The molecule has 0 saturated carbocycles. The summed E-state index contributed by atoms with van der Waals surface area (Å²) in [7, 11) is 0. The van der Waals surface area contributed by atoms with Gasteiger partial charge in [0.2, 0.25) is 11.8 Å². The van der Waals surface area contributed by atoms with Crippen LogP contribution in [0.2, 0.25) is 0 Å². The van der Waals surface area contributed by atoms with Crippen molar-refractivity contribution in [3.8, 4) is 0 Å². The van der Waals surface area contributed by atoms with Gasteiger partial charge in [0.1, 0.15) is 12.1 Å². The highest BCUT2D eigenvalue weighted by Crippen LogP contribution is 2.28. The minimum Gasteiger partial charge on any atom is -0.480 e. The number of hydrogen-bond donors (Lipinski definition) is 3. The molecule has 176 valence electrons. The SMILES string of the molecule is CSCC[C@H](NC(=O)[C@H]1Cc2ccccc2CN1C(=O)[C@@H]1CCCN1CCCS)C(=O)O. The Morgan fingerprint density at radius 2 is 2.00 bits per heavy atom. The fraction of sp³-hybridized carbons (Fsp3) is 0.609. The van der Waals surface area contributed by atoms with E-state index >= 15 is 0 Å². The maximum atomic E-state index is 13.7. The summed E-state index contributed by atoms with van der Waals surface area (Å²) < 4.78 is 0. The number of nitrogens with zero attached hydrogens (tertiary/aromatic N) is 2. The lowest BCUT2D eigenvalue weighted by molar-refractivity contribution is -0.147. The van der Waals surface area contributed by atoms with Gasteiger partial charge in [-0.15, -0.1) is 0 Å². The molecule has 0 aliphatic carbocycles. The Bertz CT molecular complexity index is 822. The van der Waals surface area contributed by atoms with Gasteiger partial charge in [0.15, 0.2) is 0 Å². The van der Waals surface area contributed by atoms with Crippen molar-refractivity contribution in [3.63, 3.8) is 0 Å². The largest absolute Gasteiger partial charge is 0.480 e. The third-order valence-corrected chi connectivity index (χ3v) is 7.27. The first kappa shape index (κ1) is 24.9. The van der Waals surface area contributed by atoms with Gasteiger partial charge in [-0.1, -0.05) is 24.3 Å². The molecule has 0 aromatic heterocycles. The van der Waals surface area contributed by atoms with Crippen molar-refractivity contribution in [2.24, 2.45) is 0 Å². The molecule has 7 nitrogen and oxygen atoms in total. The Morgan fingerprint density at radius 3 is 2.69 bits per heavy atom. The number of thiol groups is 1. The molecule has 0 radical (unpaired) electrons. The maximum absolute atomic E-state index is 13.7. The number of carboxylic acids is 1. The zero-order chi connectivity index (χ0) is 23.1. The number of carbonyl (C=O) groups is 3. The number of amides is 2. The minimum atomic E-state index is -1.05. The summed E-state index contributed by atoms with van der Waals surface area (Å²) in [6.07, 6.45) is 5.30. The molecule has 1 saturated heterocycles. The van der Waals surface area contributed by atoms with Crippen LogP contribution in [0.5, 0.6) is 0 Å². The second-order valence-electron chi connectivity index (χ2n) is 8.41. The molecule has 9 heteroatoms. The summed E-state index contributed by atoms with van der Waals surface area (Å²) in [6, 6.07) is 5.95. The van der Waals surface area contributed by atoms with Crippen LogP contribution in [0, 0.1) is 0 Å². The van der Waals surface area contributed by atoms with Crippen LogP contribution < -0.4 is 5.32 Å². The first-order valence-corrected chi connectivity index (χ1v) is 13.2. The highest BCUT2D eigenvalue weighted by molar-refractivity contribution is 7.98. The van der Waals surface area contributed by atoms with Crippen LogP contribution in [0.3, 0.4) is 0 Å². The minimum absolute atomic E-state index is 0.0349. The monoisotopic (exact) mass is 479 g/mol. The molecule has 0 spiro atoms. The van der Waals surface area contributed by atoms with E-state index in [1.54, 1.807) is 4.90 Å². The number of thioether (sulfide) groups is 1. The zero-order valence-electron chi connectivity index (χ0n) is 18.5. The van der Waals surface area contributed by atoms with Gasteiger partial charge in [-0.3, -0.25) is 14.5 Å². The fourth-order valence-corrected chi connectivity index (χ4v) is 5.20. The Kier molecular flexibility index (Phi) is 9.31. The molecule has 2 heterocycles. The molecule has 2 aliphatic rings. The zero-order valence-corrected chi connectivity index (χ0v) is 20.2. The summed E-state index contributed by atoms with van der Waals surface area (Å²) >= 11 is 5.84. The average Bonchev–Trinajstić information content (AvgIpc) is 3.27. The number of nitrogens with one attached hydrogen (secondary N) is 1. The summed E-state index contributed by atoms with van der Waals surface area (Å²) in [5, 5.41) is 12.3. The average molecular weight is 480 g/mol. The van der Waals surface area contributed by atoms with Gasteiger partial charge in [0, 0.05) is 13.0 Å². The molecule has 0 bridgehead atoms. The lowest BCUT2D eigenvalue weighted by Crippen LogP contribution is -2.58. The van der Waals surface area contributed by atoms with Crippen LogP contribution in [0.15, 0.2) is 24.3 Å². The van der Waals surface area contributed by atoms with Gasteiger partial charge in [-0.25, -0.2) is 4.79 Å². The molecule has 0 unspecified atom stereocenters.